The minimum absolute atomic E-state index is 0.0982. The van der Waals surface area contributed by atoms with E-state index in [1.54, 1.807) is 0 Å². The average molecular weight is 358 g/mol. The second kappa shape index (κ2) is 6.50. The van der Waals surface area contributed by atoms with E-state index in [1.807, 2.05) is 42.5 Å². The maximum Gasteiger partial charge on any atom is 0.296 e. The minimum atomic E-state index is -4.60. The quantitative estimate of drug-likeness (QED) is 0.410. The molecule has 0 amide bonds. The molecule has 0 unspecified atom stereocenters. The number of nitro benzene ring substituents is 1. The molecule has 128 valence electrons. The van der Waals surface area contributed by atoms with Gasteiger partial charge in [0.1, 0.15) is 4.90 Å². The Morgan fingerprint density at radius 3 is 2.48 bits per heavy atom. The van der Waals surface area contributed by atoms with Gasteiger partial charge in [0.15, 0.2) is 0 Å². The van der Waals surface area contributed by atoms with Gasteiger partial charge in [0.25, 0.3) is 15.8 Å². The predicted molar refractivity (Wildman–Crippen MR) is 94.2 cm³/mol. The lowest BCUT2D eigenvalue weighted by atomic mass is 10.0. The van der Waals surface area contributed by atoms with Crippen molar-refractivity contribution in [3.8, 4) is 0 Å². The molecule has 0 radical (unpaired) electrons. The van der Waals surface area contributed by atoms with Crippen molar-refractivity contribution in [3.63, 3.8) is 0 Å². The number of non-ortho nitro benzene ring substituents is 1. The fourth-order valence-electron chi connectivity index (χ4n) is 2.62. The van der Waals surface area contributed by atoms with E-state index in [-0.39, 0.29) is 5.69 Å². The number of hydrogen-bond acceptors (Lipinski definition) is 5. The van der Waals surface area contributed by atoms with Crippen molar-refractivity contribution in [2.45, 2.75) is 11.4 Å². The Bertz CT molecular complexity index is 1060. The van der Waals surface area contributed by atoms with E-state index in [1.165, 1.54) is 12.1 Å². The molecule has 7 nitrogen and oxygen atoms in total. The second-order valence-corrected chi connectivity index (χ2v) is 6.79. The van der Waals surface area contributed by atoms with Crippen molar-refractivity contribution in [1.29, 1.82) is 0 Å². The first-order chi connectivity index (χ1) is 11.9. The third kappa shape index (κ3) is 3.59. The van der Waals surface area contributed by atoms with E-state index >= 15 is 0 Å². The maximum atomic E-state index is 11.5. The molecule has 0 atom stereocenters. The molecule has 0 heterocycles. The number of nitrogens with zero attached hydrogens (tertiary/aromatic N) is 1. The zero-order chi connectivity index (χ0) is 18.0. The largest absolute Gasteiger partial charge is 0.380 e. The summed E-state index contributed by atoms with van der Waals surface area (Å²) in [5.41, 5.74) is 0.613. The molecule has 0 saturated heterocycles. The summed E-state index contributed by atoms with van der Waals surface area (Å²) in [6.07, 6.45) is 0. The number of hydrogen-bond donors (Lipinski definition) is 2. The van der Waals surface area contributed by atoms with E-state index < -0.39 is 25.6 Å². The van der Waals surface area contributed by atoms with Gasteiger partial charge in [0.2, 0.25) is 0 Å². The lowest BCUT2D eigenvalue weighted by molar-refractivity contribution is -0.385. The van der Waals surface area contributed by atoms with E-state index in [4.69, 9.17) is 0 Å². The molecule has 0 bridgehead atoms. The number of benzene rings is 3. The molecule has 0 spiro atoms. The van der Waals surface area contributed by atoms with Gasteiger partial charge in [-0.05, 0) is 22.4 Å². The SMILES string of the molecule is O=[N+]([O-])c1ccc(NCc2cccc3ccccc23)c(S(=O)(=O)O)c1. The molecule has 0 fully saturated rings. The second-order valence-electron chi connectivity index (χ2n) is 5.40. The Kier molecular flexibility index (Phi) is 4.39. The fraction of sp³-hybridized carbons (Fsp3) is 0.0588. The van der Waals surface area contributed by atoms with Gasteiger partial charge in [-0.15, -0.1) is 0 Å². The summed E-state index contributed by atoms with van der Waals surface area (Å²) >= 11 is 0. The molecule has 8 heteroatoms. The van der Waals surface area contributed by atoms with Crippen LogP contribution >= 0.6 is 0 Å². The van der Waals surface area contributed by atoms with Crippen LogP contribution in [-0.2, 0) is 16.7 Å². The summed E-state index contributed by atoms with van der Waals surface area (Å²) in [6, 6.07) is 16.8. The first-order valence-electron chi connectivity index (χ1n) is 7.33. The molecule has 0 aromatic heterocycles. The van der Waals surface area contributed by atoms with Gasteiger partial charge in [0.05, 0.1) is 10.6 Å². The van der Waals surface area contributed by atoms with Crippen molar-refractivity contribution in [2.75, 3.05) is 5.32 Å². The maximum absolute atomic E-state index is 11.5. The van der Waals surface area contributed by atoms with Crippen LogP contribution in [0.3, 0.4) is 0 Å². The van der Waals surface area contributed by atoms with Crippen LogP contribution in [0.25, 0.3) is 10.8 Å². The van der Waals surface area contributed by atoms with E-state index in [9.17, 15) is 23.1 Å². The standard InChI is InChI=1S/C17H14N2O5S/c20-19(21)14-8-9-16(17(10-14)25(22,23)24)18-11-13-6-3-5-12-4-1-2-7-15(12)13/h1-10,18H,11H2,(H,22,23,24). The number of anilines is 1. The summed E-state index contributed by atoms with van der Waals surface area (Å²) in [6.45, 7) is 0.293. The average Bonchev–Trinajstić information content (AvgIpc) is 2.59. The van der Waals surface area contributed by atoms with E-state index in [0.717, 1.165) is 22.4 Å². The predicted octanol–water partition coefficient (Wildman–Crippen LogP) is 3.61. The molecule has 3 rings (SSSR count). The van der Waals surface area contributed by atoms with Crippen LogP contribution in [0.5, 0.6) is 0 Å². The van der Waals surface area contributed by atoms with Crippen molar-refractivity contribution in [1.82, 2.24) is 0 Å². The zero-order valence-electron chi connectivity index (χ0n) is 12.9. The first kappa shape index (κ1) is 16.9. The zero-order valence-corrected chi connectivity index (χ0v) is 13.7. The van der Waals surface area contributed by atoms with Gasteiger partial charge >= 0.3 is 0 Å². The van der Waals surface area contributed by atoms with Crippen molar-refractivity contribution in [2.24, 2.45) is 0 Å². The van der Waals surface area contributed by atoms with E-state index in [0.29, 0.717) is 6.54 Å². The van der Waals surface area contributed by atoms with Crippen LogP contribution in [0.15, 0.2) is 65.6 Å². The van der Waals surface area contributed by atoms with Crippen LogP contribution in [0.2, 0.25) is 0 Å². The lowest BCUT2D eigenvalue weighted by Crippen LogP contribution is -2.07. The summed E-state index contributed by atoms with van der Waals surface area (Å²) in [4.78, 5) is 9.58. The van der Waals surface area contributed by atoms with Crippen LogP contribution in [0.1, 0.15) is 5.56 Å². The normalized spacial score (nSPS) is 11.4. The molecular weight excluding hydrogens is 344 g/mol. The molecule has 3 aromatic rings. The molecule has 0 aliphatic rings. The number of nitrogens with one attached hydrogen (secondary N) is 1. The highest BCUT2D eigenvalue weighted by atomic mass is 32.2. The number of nitro groups is 1. The fourth-order valence-corrected chi connectivity index (χ4v) is 3.31. The Labute approximate surface area is 143 Å². The summed E-state index contributed by atoms with van der Waals surface area (Å²) in [5, 5.41) is 15.8. The van der Waals surface area contributed by atoms with Gasteiger partial charge in [0, 0.05) is 18.7 Å². The van der Waals surface area contributed by atoms with Gasteiger partial charge in [-0.3, -0.25) is 14.7 Å². The molecule has 25 heavy (non-hydrogen) atoms. The highest BCUT2D eigenvalue weighted by Crippen LogP contribution is 2.27. The molecule has 0 saturated carbocycles. The van der Waals surface area contributed by atoms with Crippen molar-refractivity contribution >= 4 is 32.3 Å². The highest BCUT2D eigenvalue weighted by molar-refractivity contribution is 7.86. The van der Waals surface area contributed by atoms with Crippen molar-refractivity contribution in [3.05, 3.63) is 76.3 Å². The monoisotopic (exact) mass is 358 g/mol. The van der Waals surface area contributed by atoms with Gasteiger partial charge in [-0.1, -0.05) is 42.5 Å². The van der Waals surface area contributed by atoms with Crippen LogP contribution < -0.4 is 5.32 Å². The Balaban J connectivity index is 1.96. The minimum Gasteiger partial charge on any atom is -0.380 e. The topological polar surface area (TPSA) is 110 Å². The van der Waals surface area contributed by atoms with Crippen LogP contribution in [-0.4, -0.2) is 17.9 Å². The molecule has 3 aromatic carbocycles. The highest BCUT2D eigenvalue weighted by Gasteiger charge is 2.20. The number of rotatable bonds is 5. The lowest BCUT2D eigenvalue weighted by Gasteiger charge is -2.12. The van der Waals surface area contributed by atoms with Crippen molar-refractivity contribution < 1.29 is 17.9 Å². The molecule has 0 aliphatic carbocycles. The summed E-state index contributed by atoms with van der Waals surface area (Å²) in [5.74, 6) is 0. The van der Waals surface area contributed by atoms with Crippen LogP contribution in [0, 0.1) is 10.1 Å². The smallest absolute Gasteiger partial charge is 0.296 e. The Hall–Kier alpha value is -2.97. The van der Waals surface area contributed by atoms with Gasteiger partial charge in [-0.2, -0.15) is 8.42 Å². The van der Waals surface area contributed by atoms with Gasteiger partial charge in [-0.25, -0.2) is 0 Å². The Morgan fingerprint density at radius 1 is 1.04 bits per heavy atom. The molecular formula is C17H14N2O5S. The van der Waals surface area contributed by atoms with Crippen LogP contribution in [0.4, 0.5) is 11.4 Å². The van der Waals surface area contributed by atoms with E-state index in [2.05, 4.69) is 5.32 Å². The summed E-state index contributed by atoms with van der Waals surface area (Å²) < 4.78 is 32.4. The number of fused-ring (bicyclic) bond motifs is 1. The molecule has 0 aliphatic heterocycles. The third-order valence-electron chi connectivity index (χ3n) is 3.80. The molecule has 2 N–H and O–H groups in total. The van der Waals surface area contributed by atoms with Gasteiger partial charge < -0.3 is 5.32 Å². The Morgan fingerprint density at radius 2 is 1.76 bits per heavy atom. The summed E-state index contributed by atoms with van der Waals surface area (Å²) in [7, 11) is -4.60. The first-order valence-corrected chi connectivity index (χ1v) is 8.77. The third-order valence-corrected chi connectivity index (χ3v) is 4.70.